The van der Waals surface area contributed by atoms with Crippen LogP contribution >= 0.6 is 0 Å². The number of hydrogen-bond donors (Lipinski definition) is 0. The average molecular weight is 756 g/mol. The zero-order chi connectivity index (χ0) is 35.6. The quantitative estimate of drug-likeness (QED) is 0.129. The van der Waals surface area contributed by atoms with Crippen molar-refractivity contribution in [1.29, 1.82) is 0 Å². The Morgan fingerprint density at radius 3 is 1.70 bits per heavy atom. The second-order valence-corrected chi connectivity index (χ2v) is 15.5. The molecule has 0 radical (unpaired) electrons. The van der Waals surface area contributed by atoms with E-state index in [-0.39, 0.29) is 14.5 Å². The molecule has 11 rings (SSSR count). The number of aromatic nitrogens is 4. The number of nitrogens with zero attached hydrogens (tertiary/aromatic N) is 4. The standard InChI is InChI=1S/C48H28N4OSe/c1-4-12-29(13-5-1)35-18-10-19-36-37-20-11-21-38(44(37)54-43(35)36)47-51-45(32-14-6-2-7-15-32)50-46(52-47)34-25-23-30-22-24-31-26-27-40-42(41(31)39(30)28-34)53-48(49-40)33-16-8-3-9-17-33/h1-28H. The molecular formula is C48H28N4OSe. The maximum atomic E-state index is 6.53. The van der Waals surface area contributed by atoms with Crippen molar-refractivity contribution in [3.05, 3.63) is 170 Å². The molecule has 0 unspecified atom stereocenters. The van der Waals surface area contributed by atoms with Gasteiger partial charge in [-0.15, -0.1) is 0 Å². The van der Waals surface area contributed by atoms with Crippen LogP contribution in [0.2, 0.25) is 0 Å². The van der Waals surface area contributed by atoms with Gasteiger partial charge in [-0.3, -0.25) is 0 Å². The second-order valence-electron chi connectivity index (χ2n) is 13.4. The van der Waals surface area contributed by atoms with Crippen LogP contribution in [0.25, 0.3) is 109 Å². The summed E-state index contributed by atoms with van der Waals surface area (Å²) in [6.45, 7) is 0. The Bertz CT molecular complexity index is 3210. The summed E-state index contributed by atoms with van der Waals surface area (Å²) in [5, 5.41) is 6.82. The van der Waals surface area contributed by atoms with Crippen molar-refractivity contribution in [2.75, 3.05) is 0 Å². The Labute approximate surface area is 316 Å². The molecule has 0 N–H and O–H groups in total. The summed E-state index contributed by atoms with van der Waals surface area (Å²) in [4.78, 5) is 20.4. The van der Waals surface area contributed by atoms with Gasteiger partial charge in [0.15, 0.2) is 0 Å². The molecule has 0 bridgehead atoms. The second kappa shape index (κ2) is 12.5. The van der Waals surface area contributed by atoms with Crippen molar-refractivity contribution >= 4 is 66.4 Å². The van der Waals surface area contributed by atoms with E-state index in [0.29, 0.717) is 23.4 Å². The molecule has 3 heterocycles. The first kappa shape index (κ1) is 30.9. The summed E-state index contributed by atoms with van der Waals surface area (Å²) in [7, 11) is 0. The molecule has 11 aromatic rings. The predicted octanol–water partition coefficient (Wildman–Crippen LogP) is 12.0. The number of rotatable bonds is 5. The molecule has 0 aliphatic rings. The third-order valence-electron chi connectivity index (χ3n) is 10.2. The van der Waals surface area contributed by atoms with E-state index >= 15 is 0 Å². The van der Waals surface area contributed by atoms with Crippen LogP contribution in [-0.4, -0.2) is 34.4 Å². The molecule has 0 amide bonds. The van der Waals surface area contributed by atoms with E-state index in [1.165, 1.54) is 30.4 Å². The third-order valence-corrected chi connectivity index (χ3v) is 12.9. The van der Waals surface area contributed by atoms with E-state index in [1.54, 1.807) is 0 Å². The van der Waals surface area contributed by atoms with E-state index < -0.39 is 0 Å². The van der Waals surface area contributed by atoms with Crippen LogP contribution in [-0.2, 0) is 0 Å². The van der Waals surface area contributed by atoms with Crippen molar-refractivity contribution in [3.8, 4) is 56.7 Å². The van der Waals surface area contributed by atoms with Gasteiger partial charge in [0.1, 0.15) is 0 Å². The van der Waals surface area contributed by atoms with Gasteiger partial charge in [-0.2, -0.15) is 0 Å². The van der Waals surface area contributed by atoms with E-state index in [1.807, 2.05) is 54.6 Å². The Balaban J connectivity index is 1.13. The Kier molecular flexibility index (Phi) is 7.12. The summed E-state index contributed by atoms with van der Waals surface area (Å²) >= 11 is 0.0519. The molecule has 0 spiro atoms. The van der Waals surface area contributed by atoms with Crippen molar-refractivity contribution in [1.82, 2.24) is 19.9 Å². The normalized spacial score (nSPS) is 11.7. The molecule has 5 nitrogen and oxygen atoms in total. The number of oxazole rings is 1. The fraction of sp³-hybridized carbons (Fsp3) is 0. The van der Waals surface area contributed by atoms with Gasteiger partial charge in [0, 0.05) is 5.56 Å². The van der Waals surface area contributed by atoms with Crippen LogP contribution in [0.4, 0.5) is 0 Å². The fourth-order valence-electron chi connectivity index (χ4n) is 7.55. The van der Waals surface area contributed by atoms with Gasteiger partial charge < -0.3 is 0 Å². The number of hydrogen-bond acceptors (Lipinski definition) is 5. The molecule has 0 atom stereocenters. The Morgan fingerprint density at radius 1 is 0.389 bits per heavy atom. The molecular weight excluding hydrogens is 728 g/mol. The zero-order valence-electron chi connectivity index (χ0n) is 28.8. The summed E-state index contributed by atoms with van der Waals surface area (Å²) < 4.78 is 9.22. The number of fused-ring (bicyclic) bond motifs is 8. The number of benzene rings is 8. The van der Waals surface area contributed by atoms with Crippen molar-refractivity contribution in [2.45, 2.75) is 0 Å². The molecule has 6 heteroatoms. The van der Waals surface area contributed by atoms with Crippen LogP contribution < -0.4 is 0 Å². The minimum absolute atomic E-state index is 0.0519. The van der Waals surface area contributed by atoms with Gasteiger partial charge in [-0.1, -0.05) is 18.2 Å². The topological polar surface area (TPSA) is 64.7 Å². The first-order chi connectivity index (χ1) is 26.7. The molecule has 0 fully saturated rings. The van der Waals surface area contributed by atoms with Crippen LogP contribution in [0.15, 0.2) is 174 Å². The van der Waals surface area contributed by atoms with Crippen LogP contribution in [0.3, 0.4) is 0 Å². The van der Waals surface area contributed by atoms with Crippen LogP contribution in [0.5, 0.6) is 0 Å². The fourth-order valence-corrected chi connectivity index (χ4v) is 10.4. The van der Waals surface area contributed by atoms with Gasteiger partial charge in [-0.25, -0.2) is 0 Å². The average Bonchev–Trinajstić information content (AvgIpc) is 3.87. The van der Waals surface area contributed by atoms with E-state index in [4.69, 9.17) is 24.4 Å². The van der Waals surface area contributed by atoms with Crippen LogP contribution in [0, 0.1) is 0 Å². The van der Waals surface area contributed by atoms with Crippen LogP contribution in [0.1, 0.15) is 0 Å². The van der Waals surface area contributed by atoms with Crippen molar-refractivity contribution in [3.63, 3.8) is 0 Å². The molecule has 0 aliphatic carbocycles. The van der Waals surface area contributed by atoms with Gasteiger partial charge in [0.05, 0.1) is 0 Å². The van der Waals surface area contributed by atoms with Gasteiger partial charge in [0.2, 0.25) is 0 Å². The summed E-state index contributed by atoms with van der Waals surface area (Å²) in [6.07, 6.45) is 0. The first-order valence-corrected chi connectivity index (χ1v) is 19.6. The summed E-state index contributed by atoms with van der Waals surface area (Å²) in [5.41, 5.74) is 7.96. The third kappa shape index (κ3) is 5.07. The van der Waals surface area contributed by atoms with Crippen molar-refractivity contribution < 1.29 is 4.42 Å². The summed E-state index contributed by atoms with van der Waals surface area (Å²) in [6, 6.07) is 59.0. The molecule has 0 saturated carbocycles. The molecule has 3 aromatic heterocycles. The van der Waals surface area contributed by atoms with E-state index in [2.05, 4.69) is 115 Å². The maximum absolute atomic E-state index is 6.53. The minimum atomic E-state index is 0.0519. The SMILES string of the molecule is c1ccc(-c2nc(-c3ccc4ccc5ccc6nc(-c7ccccc7)oc6c5c4c3)nc(-c3cccc4c3[se]c3c(-c5ccccc5)cccc34)n2)cc1. The van der Waals surface area contributed by atoms with E-state index in [9.17, 15) is 0 Å². The molecule has 8 aromatic carbocycles. The van der Waals surface area contributed by atoms with E-state index in [0.717, 1.165) is 54.9 Å². The molecule has 54 heavy (non-hydrogen) atoms. The molecule has 252 valence electrons. The van der Waals surface area contributed by atoms with Gasteiger partial charge >= 0.3 is 282 Å². The molecule has 0 aliphatic heterocycles. The van der Waals surface area contributed by atoms with Crippen molar-refractivity contribution in [2.24, 2.45) is 0 Å². The Hall–Kier alpha value is -6.72. The monoisotopic (exact) mass is 756 g/mol. The van der Waals surface area contributed by atoms with Gasteiger partial charge in [-0.05, 0) is 12.1 Å². The molecule has 0 saturated heterocycles. The summed E-state index contributed by atoms with van der Waals surface area (Å²) in [5.74, 6) is 2.55. The zero-order valence-corrected chi connectivity index (χ0v) is 30.5. The Morgan fingerprint density at radius 2 is 0.963 bits per heavy atom. The predicted molar refractivity (Wildman–Crippen MR) is 222 cm³/mol. The first-order valence-electron chi connectivity index (χ1n) is 17.9. The van der Waals surface area contributed by atoms with Gasteiger partial charge in [0.25, 0.3) is 0 Å².